The molecule has 0 fully saturated rings. The standard InChI is InChI=1S/C14H17BrN4O/c1-3-11-12(16)13(18-17-11)14(20)19(2)8-9-4-6-10(15)7-5-9/h4-7H,3,8,16H2,1-2H3,(H,17,18). The predicted octanol–water partition coefficient (Wildman–Crippen LogP) is 2.59. The second kappa shape index (κ2) is 6.09. The number of hydrogen-bond donors (Lipinski definition) is 2. The van der Waals surface area contributed by atoms with Crippen molar-refractivity contribution in [2.75, 3.05) is 12.8 Å². The zero-order chi connectivity index (χ0) is 14.7. The van der Waals surface area contributed by atoms with E-state index in [0.717, 1.165) is 22.2 Å². The molecule has 0 aliphatic heterocycles. The summed E-state index contributed by atoms with van der Waals surface area (Å²) in [6.07, 6.45) is 0.725. The maximum Gasteiger partial charge on any atom is 0.276 e. The van der Waals surface area contributed by atoms with Crippen LogP contribution in [0.15, 0.2) is 28.7 Å². The molecule has 106 valence electrons. The summed E-state index contributed by atoms with van der Waals surface area (Å²) in [5.41, 5.74) is 8.50. The molecule has 6 heteroatoms. The van der Waals surface area contributed by atoms with Crippen molar-refractivity contribution >= 4 is 27.5 Å². The second-order valence-corrected chi connectivity index (χ2v) is 5.52. The van der Waals surface area contributed by atoms with Crippen LogP contribution >= 0.6 is 15.9 Å². The molecule has 0 spiro atoms. The molecule has 3 N–H and O–H groups in total. The molecular weight excluding hydrogens is 320 g/mol. The van der Waals surface area contributed by atoms with Crippen LogP contribution in [0.25, 0.3) is 0 Å². The van der Waals surface area contributed by atoms with Gasteiger partial charge in [0.05, 0.1) is 11.4 Å². The third kappa shape index (κ3) is 3.01. The Morgan fingerprint density at radius 1 is 1.40 bits per heavy atom. The van der Waals surface area contributed by atoms with E-state index in [1.807, 2.05) is 31.2 Å². The Hall–Kier alpha value is -1.82. The molecule has 0 bridgehead atoms. The molecule has 0 unspecified atom stereocenters. The smallest absolute Gasteiger partial charge is 0.276 e. The van der Waals surface area contributed by atoms with Crippen LogP contribution < -0.4 is 5.73 Å². The number of nitrogen functional groups attached to an aromatic ring is 1. The fourth-order valence-corrected chi connectivity index (χ4v) is 2.20. The Morgan fingerprint density at radius 3 is 2.60 bits per heavy atom. The molecule has 0 aliphatic carbocycles. The maximum atomic E-state index is 12.3. The third-order valence-electron chi connectivity index (χ3n) is 3.12. The molecular formula is C14H17BrN4O. The minimum atomic E-state index is -0.179. The number of halogens is 1. The van der Waals surface area contributed by atoms with Gasteiger partial charge in [0, 0.05) is 18.1 Å². The number of aromatic nitrogens is 2. The van der Waals surface area contributed by atoms with Crippen LogP contribution in [0.2, 0.25) is 0 Å². The number of amides is 1. The van der Waals surface area contributed by atoms with Crippen molar-refractivity contribution in [2.45, 2.75) is 19.9 Å². The van der Waals surface area contributed by atoms with Gasteiger partial charge in [-0.1, -0.05) is 35.0 Å². The van der Waals surface area contributed by atoms with Crippen molar-refractivity contribution in [3.63, 3.8) is 0 Å². The molecule has 1 aromatic heterocycles. The quantitative estimate of drug-likeness (QED) is 0.900. The summed E-state index contributed by atoms with van der Waals surface area (Å²) in [5, 5.41) is 6.82. The van der Waals surface area contributed by atoms with Crippen molar-refractivity contribution in [1.82, 2.24) is 15.1 Å². The van der Waals surface area contributed by atoms with Crippen molar-refractivity contribution < 1.29 is 4.79 Å². The van der Waals surface area contributed by atoms with Gasteiger partial charge >= 0.3 is 0 Å². The lowest BCUT2D eigenvalue weighted by atomic mass is 10.2. The summed E-state index contributed by atoms with van der Waals surface area (Å²) < 4.78 is 1.01. The number of H-pyrrole nitrogens is 1. The van der Waals surface area contributed by atoms with Crippen LogP contribution in [0.3, 0.4) is 0 Å². The number of anilines is 1. The first-order valence-corrected chi connectivity index (χ1v) is 7.14. The maximum absolute atomic E-state index is 12.3. The van der Waals surface area contributed by atoms with Crippen molar-refractivity contribution in [3.8, 4) is 0 Å². The van der Waals surface area contributed by atoms with Gasteiger partial charge < -0.3 is 10.6 Å². The lowest BCUT2D eigenvalue weighted by molar-refractivity contribution is 0.0780. The van der Waals surface area contributed by atoms with E-state index < -0.39 is 0 Å². The number of rotatable bonds is 4. The van der Waals surface area contributed by atoms with Crippen molar-refractivity contribution in [2.24, 2.45) is 0 Å². The molecule has 0 saturated carbocycles. The highest BCUT2D eigenvalue weighted by molar-refractivity contribution is 9.10. The van der Waals surface area contributed by atoms with Gasteiger partial charge in [-0.2, -0.15) is 5.10 Å². The highest BCUT2D eigenvalue weighted by atomic mass is 79.9. The van der Waals surface area contributed by atoms with E-state index in [4.69, 9.17) is 5.73 Å². The number of nitrogens with two attached hydrogens (primary N) is 1. The summed E-state index contributed by atoms with van der Waals surface area (Å²) in [4.78, 5) is 13.9. The molecule has 5 nitrogen and oxygen atoms in total. The van der Waals surface area contributed by atoms with Crippen LogP contribution in [0.5, 0.6) is 0 Å². The molecule has 0 radical (unpaired) electrons. The number of aryl methyl sites for hydroxylation is 1. The van der Waals surface area contributed by atoms with Gasteiger partial charge in [-0.3, -0.25) is 9.89 Å². The number of carbonyl (C=O) groups is 1. The largest absolute Gasteiger partial charge is 0.395 e. The number of benzene rings is 1. The molecule has 2 rings (SSSR count). The lowest BCUT2D eigenvalue weighted by Gasteiger charge is -2.16. The van der Waals surface area contributed by atoms with E-state index in [1.165, 1.54) is 0 Å². The van der Waals surface area contributed by atoms with Gasteiger partial charge in [-0.15, -0.1) is 0 Å². The van der Waals surface area contributed by atoms with E-state index >= 15 is 0 Å². The summed E-state index contributed by atoms with van der Waals surface area (Å²) in [5.74, 6) is -0.179. The molecule has 0 aliphatic rings. The zero-order valence-corrected chi connectivity index (χ0v) is 13.1. The Bertz CT molecular complexity index is 606. The fourth-order valence-electron chi connectivity index (χ4n) is 1.94. The van der Waals surface area contributed by atoms with Gasteiger partial charge in [0.1, 0.15) is 0 Å². The SMILES string of the molecule is CCc1[nH]nc(C(=O)N(C)Cc2ccc(Br)cc2)c1N. The van der Waals surface area contributed by atoms with Crippen LogP contribution in [-0.2, 0) is 13.0 Å². The first kappa shape index (κ1) is 14.6. The van der Waals surface area contributed by atoms with Crippen LogP contribution in [0, 0.1) is 0 Å². The molecule has 0 atom stereocenters. The fraction of sp³-hybridized carbons (Fsp3) is 0.286. The third-order valence-corrected chi connectivity index (χ3v) is 3.65. The van der Waals surface area contributed by atoms with E-state index in [0.29, 0.717) is 17.9 Å². The molecule has 1 aromatic carbocycles. The van der Waals surface area contributed by atoms with Crippen molar-refractivity contribution in [3.05, 3.63) is 45.7 Å². The molecule has 2 aromatic rings. The first-order chi connectivity index (χ1) is 9.52. The van der Waals surface area contributed by atoms with Gasteiger partial charge in [0.2, 0.25) is 0 Å². The molecule has 1 amide bonds. The van der Waals surface area contributed by atoms with Gasteiger partial charge in [-0.05, 0) is 24.1 Å². The predicted molar refractivity (Wildman–Crippen MR) is 82.3 cm³/mol. The molecule has 1 heterocycles. The first-order valence-electron chi connectivity index (χ1n) is 6.35. The summed E-state index contributed by atoms with van der Waals surface area (Å²) in [7, 11) is 1.74. The van der Waals surface area contributed by atoms with Crippen molar-refractivity contribution in [1.29, 1.82) is 0 Å². The highest BCUT2D eigenvalue weighted by Crippen LogP contribution is 2.17. The van der Waals surface area contributed by atoms with Gasteiger partial charge in [0.15, 0.2) is 5.69 Å². The van der Waals surface area contributed by atoms with Crippen LogP contribution in [0.1, 0.15) is 28.7 Å². The van der Waals surface area contributed by atoms with Crippen LogP contribution in [0.4, 0.5) is 5.69 Å². The number of aromatic amines is 1. The number of nitrogens with one attached hydrogen (secondary N) is 1. The average molecular weight is 337 g/mol. The lowest BCUT2D eigenvalue weighted by Crippen LogP contribution is -2.27. The average Bonchev–Trinajstić information content (AvgIpc) is 2.81. The number of hydrogen-bond acceptors (Lipinski definition) is 3. The minimum absolute atomic E-state index is 0.179. The topological polar surface area (TPSA) is 75.0 Å². The number of carbonyl (C=O) groups excluding carboxylic acids is 1. The summed E-state index contributed by atoms with van der Waals surface area (Å²) >= 11 is 3.39. The van der Waals surface area contributed by atoms with Crippen LogP contribution in [-0.4, -0.2) is 28.1 Å². The Morgan fingerprint density at radius 2 is 2.05 bits per heavy atom. The Balaban J connectivity index is 2.12. The Kier molecular flexibility index (Phi) is 4.44. The van der Waals surface area contributed by atoms with Gasteiger partial charge in [-0.25, -0.2) is 0 Å². The highest BCUT2D eigenvalue weighted by Gasteiger charge is 2.20. The zero-order valence-electron chi connectivity index (χ0n) is 11.5. The molecule has 20 heavy (non-hydrogen) atoms. The van der Waals surface area contributed by atoms with E-state index in [1.54, 1.807) is 11.9 Å². The van der Waals surface area contributed by atoms with E-state index in [-0.39, 0.29) is 5.91 Å². The Labute approximate surface area is 126 Å². The summed E-state index contributed by atoms with van der Waals surface area (Å²) in [6.45, 7) is 2.48. The second-order valence-electron chi connectivity index (χ2n) is 4.61. The minimum Gasteiger partial charge on any atom is -0.395 e. The monoisotopic (exact) mass is 336 g/mol. The summed E-state index contributed by atoms with van der Waals surface area (Å²) in [6, 6.07) is 7.84. The van der Waals surface area contributed by atoms with Gasteiger partial charge in [0.25, 0.3) is 5.91 Å². The van der Waals surface area contributed by atoms with E-state index in [9.17, 15) is 4.79 Å². The van der Waals surface area contributed by atoms with E-state index in [2.05, 4.69) is 26.1 Å². The normalized spacial score (nSPS) is 10.6. The molecule has 0 saturated heterocycles. The number of nitrogens with zero attached hydrogens (tertiary/aromatic N) is 2.